The monoisotopic (exact) mass is 519 g/mol. The molecule has 0 radical (unpaired) electrons. The molecule has 1 fully saturated rings. The van der Waals surface area contributed by atoms with Crippen LogP contribution in [0.2, 0.25) is 5.02 Å². The number of aromatic amines is 1. The van der Waals surface area contributed by atoms with E-state index in [1.54, 1.807) is 53.6 Å². The molecule has 12 heteroatoms. The maximum Gasteiger partial charge on any atom is 0.373 e. The second kappa shape index (κ2) is 9.61. The zero-order valence-corrected chi connectivity index (χ0v) is 20.6. The second-order valence-corrected chi connectivity index (χ2v) is 9.30. The Kier molecular flexibility index (Phi) is 6.32. The van der Waals surface area contributed by atoms with Gasteiger partial charge >= 0.3 is 6.15 Å². The first-order chi connectivity index (χ1) is 17.9. The predicted octanol–water partition coefficient (Wildman–Crippen LogP) is 2.64. The molecule has 11 nitrogen and oxygen atoms in total. The fourth-order valence-corrected chi connectivity index (χ4v) is 4.97. The van der Waals surface area contributed by atoms with Crippen molar-refractivity contribution in [3.05, 3.63) is 76.7 Å². The third kappa shape index (κ3) is 4.28. The molecule has 3 aromatic heterocycles. The van der Waals surface area contributed by atoms with Crippen LogP contribution in [0.25, 0.3) is 10.9 Å². The van der Waals surface area contributed by atoms with Crippen molar-refractivity contribution < 1.29 is 19.2 Å². The van der Waals surface area contributed by atoms with Gasteiger partial charge in [-0.05, 0) is 37.1 Å². The van der Waals surface area contributed by atoms with Crippen LogP contribution in [-0.4, -0.2) is 66.1 Å². The molecule has 0 unspecified atom stereocenters. The van der Waals surface area contributed by atoms with E-state index in [0.717, 1.165) is 29.4 Å². The van der Waals surface area contributed by atoms with Crippen molar-refractivity contribution in [1.29, 1.82) is 0 Å². The average molecular weight is 520 g/mol. The smallest absolute Gasteiger partial charge is 0.350 e. The number of nitrogens with zero attached hydrogens (tertiary/aromatic N) is 6. The van der Waals surface area contributed by atoms with Crippen LogP contribution in [0.1, 0.15) is 45.2 Å². The normalized spacial score (nSPS) is 15.2. The molecule has 1 aliphatic carbocycles. The number of hydrogen-bond acceptors (Lipinski definition) is 7. The van der Waals surface area contributed by atoms with Gasteiger partial charge in [0.2, 0.25) is 0 Å². The van der Waals surface area contributed by atoms with Gasteiger partial charge in [-0.25, -0.2) is 9.97 Å². The Labute approximate surface area is 216 Å². The van der Waals surface area contributed by atoms with Gasteiger partial charge in [-0.2, -0.15) is 14.7 Å². The first-order valence-electron chi connectivity index (χ1n) is 11.6. The van der Waals surface area contributed by atoms with E-state index >= 15 is 0 Å². The lowest BCUT2D eigenvalue weighted by Crippen LogP contribution is -2.41. The minimum Gasteiger partial charge on any atom is -0.350 e. The molecule has 0 saturated heterocycles. The molecular weight excluding hydrogens is 498 g/mol. The average Bonchev–Trinajstić information content (AvgIpc) is 3.43. The van der Waals surface area contributed by atoms with E-state index in [0.29, 0.717) is 41.7 Å². The predicted molar refractivity (Wildman–Crippen MR) is 130 cm³/mol. The molecule has 1 saturated carbocycles. The Morgan fingerprint density at radius 3 is 2.54 bits per heavy atom. The van der Waals surface area contributed by atoms with Crippen molar-refractivity contribution in [3.63, 3.8) is 0 Å². The van der Waals surface area contributed by atoms with Crippen LogP contribution in [0, 0.1) is 0 Å². The molecule has 2 aliphatic rings. The van der Waals surface area contributed by atoms with Gasteiger partial charge in [-0.15, -0.1) is 0 Å². The minimum atomic E-state index is -0.485. The molecule has 0 atom stereocenters. The van der Waals surface area contributed by atoms with Gasteiger partial charge in [0.15, 0.2) is 5.82 Å². The molecule has 0 spiro atoms. The molecule has 1 aliphatic heterocycles. The van der Waals surface area contributed by atoms with Crippen molar-refractivity contribution >= 4 is 40.5 Å². The molecule has 1 aromatic carbocycles. The zero-order valence-electron chi connectivity index (χ0n) is 19.8. The van der Waals surface area contributed by atoms with E-state index in [-0.39, 0.29) is 18.0 Å². The molecule has 4 aromatic rings. The number of fused-ring (bicyclic) bond motifs is 2. The van der Waals surface area contributed by atoms with Gasteiger partial charge in [-0.3, -0.25) is 14.3 Å². The number of nitrogens with one attached hydrogen (secondary N) is 1. The molecule has 2 amide bonds. The standard InChI is InChI=1S/C24H22ClN7O2.CO2/c1-30(24(6-7-24)23-26-8-3-9-27-23)21(33)16-13-28-32-11-10-31(14-20(16)32)22(34)19-12-15-17(25)4-2-5-18(15)29-19;2-1-3/h2-5,8-9,12-13,29H,6-7,10-11,14H2,1H3;. The first kappa shape index (κ1) is 24.4. The highest BCUT2D eigenvalue weighted by Gasteiger charge is 2.53. The SMILES string of the molecule is CN(C(=O)c1cnn2c1CN(C(=O)c1cc3c(Cl)cccc3[nH]1)CC2)C1(c2ncccn2)CC1.O=C=O. The van der Waals surface area contributed by atoms with Crippen LogP contribution in [-0.2, 0) is 28.2 Å². The topological polar surface area (TPSA) is 134 Å². The number of carbonyl (C=O) groups is 2. The Hall–Kier alpha value is -4.34. The fraction of sp³-hybridized carbons (Fsp3) is 0.280. The number of halogens is 1. The van der Waals surface area contributed by atoms with Gasteiger partial charge in [0.25, 0.3) is 11.8 Å². The van der Waals surface area contributed by atoms with Crippen molar-refractivity contribution in [1.82, 2.24) is 34.5 Å². The quantitative estimate of drug-likeness (QED) is 0.438. The van der Waals surface area contributed by atoms with E-state index in [1.165, 1.54) is 0 Å². The number of benzene rings is 1. The third-order valence-electron chi connectivity index (χ3n) is 6.88. The summed E-state index contributed by atoms with van der Waals surface area (Å²) in [5, 5.41) is 5.83. The number of hydrogen-bond donors (Lipinski definition) is 1. The van der Waals surface area contributed by atoms with Crippen LogP contribution in [0.5, 0.6) is 0 Å². The van der Waals surface area contributed by atoms with Gasteiger partial charge < -0.3 is 14.8 Å². The van der Waals surface area contributed by atoms with E-state index in [2.05, 4.69) is 20.1 Å². The zero-order chi connectivity index (χ0) is 26.2. The van der Waals surface area contributed by atoms with Gasteiger partial charge in [-0.1, -0.05) is 17.7 Å². The molecule has 37 heavy (non-hydrogen) atoms. The van der Waals surface area contributed by atoms with E-state index in [1.807, 2.05) is 16.8 Å². The third-order valence-corrected chi connectivity index (χ3v) is 7.21. The second-order valence-electron chi connectivity index (χ2n) is 8.89. The summed E-state index contributed by atoms with van der Waals surface area (Å²) in [5.41, 5.74) is 2.03. The summed E-state index contributed by atoms with van der Waals surface area (Å²) in [4.78, 5) is 58.5. The maximum atomic E-state index is 13.5. The van der Waals surface area contributed by atoms with E-state index in [4.69, 9.17) is 21.2 Å². The number of aromatic nitrogens is 5. The maximum absolute atomic E-state index is 13.5. The number of carbonyl (C=O) groups excluding carboxylic acids is 4. The van der Waals surface area contributed by atoms with Gasteiger partial charge in [0.05, 0.1) is 30.5 Å². The van der Waals surface area contributed by atoms with Crippen molar-refractivity contribution in [2.24, 2.45) is 0 Å². The summed E-state index contributed by atoms with van der Waals surface area (Å²) in [6, 6.07) is 9.08. The van der Waals surface area contributed by atoms with Gasteiger partial charge in [0, 0.05) is 41.9 Å². The van der Waals surface area contributed by atoms with E-state index < -0.39 is 5.54 Å². The Balaban J connectivity index is 0.000000892. The molecule has 188 valence electrons. The van der Waals surface area contributed by atoms with Crippen molar-refractivity contribution in [3.8, 4) is 0 Å². The lowest BCUT2D eigenvalue weighted by Gasteiger charge is -2.30. The summed E-state index contributed by atoms with van der Waals surface area (Å²) in [7, 11) is 1.79. The number of H-pyrrole nitrogens is 1. The van der Waals surface area contributed by atoms with E-state index in [9.17, 15) is 9.59 Å². The highest BCUT2D eigenvalue weighted by molar-refractivity contribution is 6.35. The largest absolute Gasteiger partial charge is 0.373 e. The van der Waals surface area contributed by atoms with Crippen LogP contribution in [0.15, 0.2) is 48.9 Å². The van der Waals surface area contributed by atoms with Gasteiger partial charge in [0.1, 0.15) is 11.2 Å². The lowest BCUT2D eigenvalue weighted by molar-refractivity contribution is -0.191. The molecule has 4 heterocycles. The fourth-order valence-electron chi connectivity index (χ4n) is 4.74. The van der Waals surface area contributed by atoms with Crippen molar-refractivity contribution in [2.45, 2.75) is 31.5 Å². The molecule has 6 rings (SSSR count). The first-order valence-corrected chi connectivity index (χ1v) is 11.9. The highest BCUT2D eigenvalue weighted by Crippen LogP contribution is 2.49. The molecule has 0 bridgehead atoms. The highest BCUT2D eigenvalue weighted by atomic mass is 35.5. The Morgan fingerprint density at radius 2 is 1.86 bits per heavy atom. The Bertz CT molecular complexity index is 1520. The summed E-state index contributed by atoms with van der Waals surface area (Å²) >= 11 is 6.28. The molecule has 1 N–H and O–H groups in total. The summed E-state index contributed by atoms with van der Waals surface area (Å²) in [5.74, 6) is 0.377. The van der Waals surface area contributed by atoms with Crippen molar-refractivity contribution in [2.75, 3.05) is 13.6 Å². The Morgan fingerprint density at radius 1 is 1.14 bits per heavy atom. The van der Waals surface area contributed by atoms with Crippen LogP contribution < -0.4 is 0 Å². The summed E-state index contributed by atoms with van der Waals surface area (Å²) in [6.45, 7) is 1.32. The number of rotatable bonds is 4. The molecular formula is C25H22ClN7O4. The minimum absolute atomic E-state index is 0.136. The van der Waals surface area contributed by atoms with Crippen LogP contribution >= 0.6 is 11.6 Å². The lowest BCUT2D eigenvalue weighted by atomic mass is 10.1. The summed E-state index contributed by atoms with van der Waals surface area (Å²) < 4.78 is 1.81. The van der Waals surface area contributed by atoms with Crippen LogP contribution in [0.3, 0.4) is 0 Å². The van der Waals surface area contributed by atoms with Crippen LogP contribution in [0.4, 0.5) is 0 Å². The summed E-state index contributed by atoms with van der Waals surface area (Å²) in [6.07, 6.45) is 6.88. The number of amides is 2.